The third-order valence-corrected chi connectivity index (χ3v) is 11.3. The quantitative estimate of drug-likeness (QED) is 0.177. The Morgan fingerprint density at radius 3 is 1.28 bits per heavy atom. The number of aromatic nitrogens is 6. The third kappa shape index (κ3) is 4.74. The standard InChI is InChI=1S/C51H32N6/c1-3-16-33(17-4-1)49-52-50(54-51(53-49)57-41-26-11-7-22-37(41)38-23-8-12-27-42(38)57)34-18-15-21-36(32-34)56-44-29-14-10-25-40(44)48-46(56)31-30-45-47(48)39-24-9-13-28-43(39)55(45)35-19-5-2-6-20-35/h1-32H. The summed E-state index contributed by atoms with van der Waals surface area (Å²) in [7, 11) is 0. The Kier molecular flexibility index (Phi) is 6.83. The highest BCUT2D eigenvalue weighted by atomic mass is 15.2. The van der Waals surface area contributed by atoms with Gasteiger partial charge in [0.05, 0.1) is 33.1 Å². The van der Waals surface area contributed by atoms with Gasteiger partial charge in [-0.05, 0) is 60.7 Å². The van der Waals surface area contributed by atoms with E-state index in [1.54, 1.807) is 0 Å². The van der Waals surface area contributed by atoms with E-state index in [0.29, 0.717) is 17.6 Å². The number of para-hydroxylation sites is 5. The lowest BCUT2D eigenvalue weighted by molar-refractivity contribution is 0.953. The highest BCUT2D eigenvalue weighted by molar-refractivity contribution is 6.29. The Morgan fingerprint density at radius 1 is 0.281 bits per heavy atom. The molecule has 0 aliphatic heterocycles. The van der Waals surface area contributed by atoms with Crippen LogP contribution in [0.3, 0.4) is 0 Å². The first kappa shape index (κ1) is 31.5. The summed E-state index contributed by atoms with van der Waals surface area (Å²) in [4.78, 5) is 15.5. The zero-order chi connectivity index (χ0) is 37.5. The minimum absolute atomic E-state index is 0.579. The molecule has 0 saturated carbocycles. The van der Waals surface area contributed by atoms with Crippen LogP contribution in [0, 0.1) is 0 Å². The number of fused-ring (bicyclic) bond motifs is 10. The molecule has 0 bridgehead atoms. The Morgan fingerprint density at radius 2 is 0.702 bits per heavy atom. The third-order valence-electron chi connectivity index (χ3n) is 11.3. The highest BCUT2D eigenvalue weighted by Gasteiger charge is 2.22. The van der Waals surface area contributed by atoms with Crippen molar-refractivity contribution in [2.45, 2.75) is 0 Å². The van der Waals surface area contributed by atoms with Crippen LogP contribution in [0.2, 0.25) is 0 Å². The van der Waals surface area contributed by atoms with Gasteiger partial charge >= 0.3 is 0 Å². The van der Waals surface area contributed by atoms with Crippen LogP contribution in [0.4, 0.5) is 0 Å². The first-order chi connectivity index (χ1) is 28.3. The molecule has 0 fully saturated rings. The smallest absolute Gasteiger partial charge is 0.238 e. The van der Waals surface area contributed by atoms with E-state index in [0.717, 1.165) is 55.3 Å². The second-order valence-corrected chi connectivity index (χ2v) is 14.5. The molecule has 12 aromatic rings. The molecule has 8 aromatic carbocycles. The van der Waals surface area contributed by atoms with Gasteiger partial charge in [0, 0.05) is 54.8 Å². The summed E-state index contributed by atoms with van der Waals surface area (Å²) in [5.74, 6) is 1.81. The Balaban J connectivity index is 1.10. The van der Waals surface area contributed by atoms with Crippen LogP contribution in [0.15, 0.2) is 194 Å². The minimum Gasteiger partial charge on any atom is -0.309 e. The monoisotopic (exact) mass is 728 g/mol. The van der Waals surface area contributed by atoms with E-state index in [-0.39, 0.29) is 0 Å². The topological polar surface area (TPSA) is 53.5 Å². The van der Waals surface area contributed by atoms with Crippen LogP contribution < -0.4 is 0 Å². The van der Waals surface area contributed by atoms with Crippen LogP contribution in [-0.4, -0.2) is 28.7 Å². The molecular weight excluding hydrogens is 697 g/mol. The largest absolute Gasteiger partial charge is 0.309 e. The number of benzene rings is 8. The van der Waals surface area contributed by atoms with E-state index < -0.39 is 0 Å². The number of nitrogens with zero attached hydrogens (tertiary/aromatic N) is 6. The average Bonchev–Trinajstić information content (AvgIpc) is 3.93. The van der Waals surface area contributed by atoms with Gasteiger partial charge in [-0.3, -0.25) is 4.57 Å². The van der Waals surface area contributed by atoms with E-state index in [9.17, 15) is 0 Å². The van der Waals surface area contributed by atoms with Crippen molar-refractivity contribution in [2.24, 2.45) is 0 Å². The van der Waals surface area contributed by atoms with Gasteiger partial charge in [0.1, 0.15) is 0 Å². The number of rotatable bonds is 5. The molecule has 0 atom stereocenters. The SMILES string of the molecule is c1ccc(-c2nc(-c3cccc(-n4c5ccccc5c5c6c7ccccc7n(-c7ccccc7)c6ccc54)c3)nc(-n3c4ccccc4c4ccccc43)n2)cc1. The Hall–Kier alpha value is -7.83. The van der Waals surface area contributed by atoms with Crippen molar-refractivity contribution in [3.63, 3.8) is 0 Å². The van der Waals surface area contributed by atoms with Gasteiger partial charge in [0.15, 0.2) is 11.6 Å². The predicted molar refractivity (Wildman–Crippen MR) is 234 cm³/mol. The van der Waals surface area contributed by atoms with Crippen LogP contribution in [0.5, 0.6) is 0 Å². The lowest BCUT2D eigenvalue weighted by atomic mass is 10.1. The van der Waals surface area contributed by atoms with Crippen LogP contribution >= 0.6 is 0 Å². The molecule has 4 heterocycles. The van der Waals surface area contributed by atoms with Gasteiger partial charge in [0.25, 0.3) is 0 Å². The molecule has 0 amide bonds. The summed E-state index contributed by atoms with van der Waals surface area (Å²) in [5, 5.41) is 7.24. The summed E-state index contributed by atoms with van der Waals surface area (Å²) < 4.78 is 6.93. The van der Waals surface area contributed by atoms with Crippen molar-refractivity contribution >= 4 is 65.4 Å². The Bertz CT molecular complexity index is 3470. The van der Waals surface area contributed by atoms with Crippen molar-refractivity contribution in [1.29, 1.82) is 0 Å². The fraction of sp³-hybridized carbons (Fsp3) is 0. The van der Waals surface area contributed by atoms with Gasteiger partial charge in [-0.15, -0.1) is 0 Å². The maximum atomic E-state index is 5.25. The molecule has 6 heteroatoms. The molecular formula is C51H32N6. The zero-order valence-corrected chi connectivity index (χ0v) is 30.7. The summed E-state index contributed by atoms with van der Waals surface area (Å²) in [6, 6.07) is 68.4. The molecule has 57 heavy (non-hydrogen) atoms. The number of hydrogen-bond acceptors (Lipinski definition) is 3. The Labute approximate surface area is 327 Å². The van der Waals surface area contributed by atoms with E-state index in [4.69, 9.17) is 15.0 Å². The van der Waals surface area contributed by atoms with Gasteiger partial charge < -0.3 is 9.13 Å². The number of hydrogen-bond donors (Lipinski definition) is 0. The van der Waals surface area contributed by atoms with Gasteiger partial charge in [0.2, 0.25) is 5.95 Å². The normalized spacial score (nSPS) is 11.9. The van der Waals surface area contributed by atoms with Crippen molar-refractivity contribution in [3.05, 3.63) is 194 Å². The minimum atomic E-state index is 0.579. The molecule has 4 aromatic heterocycles. The first-order valence-electron chi connectivity index (χ1n) is 19.2. The molecule has 0 saturated heterocycles. The second kappa shape index (κ2) is 12.3. The van der Waals surface area contributed by atoms with Gasteiger partial charge in [-0.2, -0.15) is 9.97 Å². The highest BCUT2D eigenvalue weighted by Crippen LogP contribution is 2.42. The van der Waals surface area contributed by atoms with Crippen molar-refractivity contribution in [2.75, 3.05) is 0 Å². The van der Waals surface area contributed by atoms with E-state index in [1.165, 1.54) is 32.6 Å². The summed E-state index contributed by atoms with van der Waals surface area (Å²) in [6.07, 6.45) is 0. The summed E-state index contributed by atoms with van der Waals surface area (Å²) in [5.41, 5.74) is 10.8. The molecule has 0 radical (unpaired) electrons. The predicted octanol–water partition coefficient (Wildman–Crippen LogP) is 12.5. The van der Waals surface area contributed by atoms with Crippen molar-refractivity contribution in [3.8, 4) is 40.1 Å². The molecule has 0 spiro atoms. The second-order valence-electron chi connectivity index (χ2n) is 14.5. The maximum Gasteiger partial charge on any atom is 0.238 e. The fourth-order valence-electron chi connectivity index (χ4n) is 8.88. The summed E-state index contributed by atoms with van der Waals surface area (Å²) in [6.45, 7) is 0. The molecule has 0 aliphatic rings. The van der Waals surface area contributed by atoms with E-state index in [1.807, 2.05) is 18.2 Å². The van der Waals surface area contributed by atoms with E-state index in [2.05, 4.69) is 190 Å². The molecule has 0 unspecified atom stereocenters. The van der Waals surface area contributed by atoms with Gasteiger partial charge in [-0.1, -0.05) is 133 Å². The molecule has 0 N–H and O–H groups in total. The zero-order valence-electron chi connectivity index (χ0n) is 30.7. The average molecular weight is 729 g/mol. The molecule has 6 nitrogen and oxygen atoms in total. The van der Waals surface area contributed by atoms with E-state index >= 15 is 0 Å². The van der Waals surface area contributed by atoms with Crippen molar-refractivity contribution < 1.29 is 0 Å². The molecule has 12 rings (SSSR count). The maximum absolute atomic E-state index is 5.25. The molecule has 266 valence electrons. The van der Waals surface area contributed by atoms with Crippen LogP contribution in [-0.2, 0) is 0 Å². The first-order valence-corrected chi connectivity index (χ1v) is 19.2. The lowest BCUT2D eigenvalue weighted by Crippen LogP contribution is -2.06. The van der Waals surface area contributed by atoms with Crippen LogP contribution in [0.1, 0.15) is 0 Å². The lowest BCUT2D eigenvalue weighted by Gasteiger charge is -2.13. The summed E-state index contributed by atoms with van der Waals surface area (Å²) >= 11 is 0. The van der Waals surface area contributed by atoms with Gasteiger partial charge in [-0.25, -0.2) is 4.98 Å². The van der Waals surface area contributed by atoms with Crippen molar-refractivity contribution in [1.82, 2.24) is 28.7 Å². The fourth-order valence-corrected chi connectivity index (χ4v) is 8.88. The molecule has 0 aliphatic carbocycles. The van der Waals surface area contributed by atoms with Crippen LogP contribution in [0.25, 0.3) is 106 Å².